The average molecular weight is 438 g/mol. The minimum absolute atomic E-state index is 0.00145. The summed E-state index contributed by atoms with van der Waals surface area (Å²) in [5.41, 5.74) is 2.23. The Bertz CT molecular complexity index is 924. The summed E-state index contributed by atoms with van der Waals surface area (Å²) in [6, 6.07) is 15.8. The van der Waals surface area contributed by atoms with E-state index in [0.29, 0.717) is 50.2 Å². The van der Waals surface area contributed by atoms with Gasteiger partial charge in [0, 0.05) is 37.9 Å². The number of rotatable bonds is 8. The number of piperidine rings is 1. The summed E-state index contributed by atoms with van der Waals surface area (Å²) in [5.74, 6) is -0.570. The maximum atomic E-state index is 12.9. The standard InChI is InChI=1S/C25H31N3O4/c1-18-7-6-10-21(17-18)25(31)28-14-11-19(12-15-28)22(24(30)26-13-16-32-2)27-23(29)20-8-4-3-5-9-20/h3-10,17,19,22H,11-16H2,1-2H3,(H,26,30)(H,27,29)/t22-/m1/s1. The molecule has 7 nitrogen and oxygen atoms in total. The minimum atomic E-state index is -0.671. The summed E-state index contributed by atoms with van der Waals surface area (Å²) in [6.45, 7) is 3.82. The van der Waals surface area contributed by atoms with Crippen molar-refractivity contribution in [2.24, 2.45) is 5.92 Å². The van der Waals surface area contributed by atoms with Crippen molar-refractivity contribution in [1.82, 2.24) is 15.5 Å². The number of ether oxygens (including phenoxy) is 1. The van der Waals surface area contributed by atoms with Gasteiger partial charge in [-0.05, 0) is 49.9 Å². The molecular weight excluding hydrogens is 406 g/mol. The Morgan fingerprint density at radius 3 is 2.38 bits per heavy atom. The summed E-state index contributed by atoms with van der Waals surface area (Å²) < 4.78 is 5.01. The zero-order valence-electron chi connectivity index (χ0n) is 18.7. The third-order valence-electron chi connectivity index (χ3n) is 5.77. The van der Waals surface area contributed by atoms with Crippen LogP contribution in [0.3, 0.4) is 0 Å². The Morgan fingerprint density at radius 1 is 1.03 bits per heavy atom. The van der Waals surface area contributed by atoms with Crippen LogP contribution in [-0.4, -0.2) is 62.0 Å². The number of amides is 3. The molecule has 1 aliphatic heterocycles. The summed E-state index contributed by atoms with van der Waals surface area (Å²) in [4.78, 5) is 40.3. The van der Waals surface area contributed by atoms with E-state index in [0.717, 1.165) is 5.56 Å². The first-order chi connectivity index (χ1) is 15.5. The van der Waals surface area contributed by atoms with Crippen molar-refractivity contribution in [1.29, 1.82) is 0 Å². The van der Waals surface area contributed by atoms with E-state index < -0.39 is 6.04 Å². The molecule has 2 N–H and O–H groups in total. The molecule has 1 fully saturated rings. The molecule has 0 aliphatic carbocycles. The first kappa shape index (κ1) is 23.5. The molecule has 0 bridgehead atoms. The van der Waals surface area contributed by atoms with Gasteiger partial charge in [0.25, 0.3) is 11.8 Å². The number of benzene rings is 2. The number of hydrogen-bond donors (Lipinski definition) is 2. The molecule has 0 unspecified atom stereocenters. The van der Waals surface area contributed by atoms with Gasteiger partial charge in [-0.15, -0.1) is 0 Å². The predicted molar refractivity (Wildman–Crippen MR) is 122 cm³/mol. The van der Waals surface area contributed by atoms with E-state index in [1.807, 2.05) is 42.2 Å². The van der Waals surface area contributed by atoms with Crippen molar-refractivity contribution in [2.45, 2.75) is 25.8 Å². The molecular formula is C25H31N3O4. The van der Waals surface area contributed by atoms with Crippen molar-refractivity contribution in [3.8, 4) is 0 Å². The number of methoxy groups -OCH3 is 1. The molecule has 3 amide bonds. The van der Waals surface area contributed by atoms with E-state index >= 15 is 0 Å². The first-order valence-corrected chi connectivity index (χ1v) is 11.0. The van der Waals surface area contributed by atoms with E-state index in [1.54, 1.807) is 31.4 Å². The Kier molecular flexibility index (Phi) is 8.39. The maximum Gasteiger partial charge on any atom is 0.253 e. The van der Waals surface area contributed by atoms with Gasteiger partial charge in [-0.1, -0.05) is 35.9 Å². The minimum Gasteiger partial charge on any atom is -0.383 e. The molecule has 1 atom stereocenters. The number of nitrogens with zero attached hydrogens (tertiary/aromatic N) is 1. The lowest BCUT2D eigenvalue weighted by atomic mass is 9.88. The predicted octanol–water partition coefficient (Wildman–Crippen LogP) is 2.41. The van der Waals surface area contributed by atoms with Crippen LogP contribution in [0, 0.1) is 12.8 Å². The van der Waals surface area contributed by atoms with Crippen LogP contribution in [0.5, 0.6) is 0 Å². The number of nitrogens with one attached hydrogen (secondary N) is 2. The molecule has 1 heterocycles. The zero-order chi connectivity index (χ0) is 22.9. The zero-order valence-corrected chi connectivity index (χ0v) is 18.7. The Hall–Kier alpha value is -3.19. The third kappa shape index (κ3) is 6.17. The number of carbonyl (C=O) groups is 3. The van der Waals surface area contributed by atoms with E-state index in [9.17, 15) is 14.4 Å². The lowest BCUT2D eigenvalue weighted by molar-refractivity contribution is -0.124. The van der Waals surface area contributed by atoms with Crippen LogP contribution in [-0.2, 0) is 9.53 Å². The van der Waals surface area contributed by atoms with Crippen molar-refractivity contribution in [2.75, 3.05) is 33.4 Å². The van der Waals surface area contributed by atoms with E-state index in [1.165, 1.54) is 0 Å². The van der Waals surface area contributed by atoms with E-state index in [2.05, 4.69) is 10.6 Å². The summed E-state index contributed by atoms with van der Waals surface area (Å²) in [7, 11) is 1.57. The molecule has 2 aromatic carbocycles. The topological polar surface area (TPSA) is 87.7 Å². The highest BCUT2D eigenvalue weighted by Crippen LogP contribution is 2.23. The molecule has 32 heavy (non-hydrogen) atoms. The van der Waals surface area contributed by atoms with E-state index in [4.69, 9.17) is 4.74 Å². The molecule has 1 aliphatic rings. The largest absolute Gasteiger partial charge is 0.383 e. The monoisotopic (exact) mass is 437 g/mol. The lowest BCUT2D eigenvalue weighted by Gasteiger charge is -2.36. The van der Waals surface area contributed by atoms with Gasteiger partial charge in [0.05, 0.1) is 6.61 Å². The van der Waals surface area contributed by atoms with Gasteiger partial charge >= 0.3 is 0 Å². The fraction of sp³-hybridized carbons (Fsp3) is 0.400. The van der Waals surface area contributed by atoms with Gasteiger partial charge < -0.3 is 20.3 Å². The first-order valence-electron chi connectivity index (χ1n) is 11.0. The fourth-order valence-corrected chi connectivity index (χ4v) is 3.99. The quantitative estimate of drug-likeness (QED) is 0.621. The Labute approximate surface area is 189 Å². The number of likely N-dealkylation sites (tertiary alicyclic amines) is 1. The number of aryl methyl sites for hydroxylation is 1. The van der Waals surface area contributed by atoms with Gasteiger partial charge in [-0.2, -0.15) is 0 Å². The van der Waals surface area contributed by atoms with Crippen LogP contribution >= 0.6 is 0 Å². The molecule has 170 valence electrons. The van der Waals surface area contributed by atoms with Gasteiger partial charge in [0.1, 0.15) is 6.04 Å². The molecule has 0 spiro atoms. The lowest BCUT2D eigenvalue weighted by Crippen LogP contribution is -2.54. The highest BCUT2D eigenvalue weighted by Gasteiger charge is 2.34. The molecule has 3 rings (SSSR count). The van der Waals surface area contributed by atoms with Crippen molar-refractivity contribution in [3.63, 3.8) is 0 Å². The summed E-state index contributed by atoms with van der Waals surface area (Å²) >= 11 is 0. The second kappa shape index (κ2) is 11.4. The highest BCUT2D eigenvalue weighted by molar-refractivity contribution is 5.97. The van der Waals surface area contributed by atoms with Crippen molar-refractivity contribution >= 4 is 17.7 Å². The van der Waals surface area contributed by atoms with Crippen LogP contribution in [0.2, 0.25) is 0 Å². The molecule has 0 radical (unpaired) electrons. The van der Waals surface area contributed by atoms with Gasteiger partial charge in [-0.3, -0.25) is 14.4 Å². The number of hydrogen-bond acceptors (Lipinski definition) is 4. The highest BCUT2D eigenvalue weighted by atomic mass is 16.5. The molecule has 7 heteroatoms. The average Bonchev–Trinajstić information content (AvgIpc) is 2.82. The van der Waals surface area contributed by atoms with Crippen LogP contribution in [0.1, 0.15) is 39.1 Å². The van der Waals surface area contributed by atoms with Crippen molar-refractivity contribution in [3.05, 3.63) is 71.3 Å². The molecule has 2 aromatic rings. The van der Waals surface area contributed by atoms with Crippen LogP contribution < -0.4 is 10.6 Å². The molecule has 0 saturated carbocycles. The molecule has 1 saturated heterocycles. The summed E-state index contributed by atoms with van der Waals surface area (Å²) in [6.07, 6.45) is 1.27. The Balaban J connectivity index is 1.66. The van der Waals surface area contributed by atoms with Crippen molar-refractivity contribution < 1.29 is 19.1 Å². The SMILES string of the molecule is COCCNC(=O)[C@H](NC(=O)c1ccccc1)C1CCN(C(=O)c2cccc(C)c2)CC1. The van der Waals surface area contributed by atoms with E-state index in [-0.39, 0.29) is 23.6 Å². The van der Waals surface area contributed by atoms with Gasteiger partial charge in [0.2, 0.25) is 5.91 Å². The second-order valence-electron chi connectivity index (χ2n) is 8.10. The molecule has 0 aromatic heterocycles. The fourth-order valence-electron chi connectivity index (χ4n) is 3.99. The normalized spacial score (nSPS) is 15.1. The smallest absolute Gasteiger partial charge is 0.253 e. The van der Waals surface area contributed by atoms with Crippen LogP contribution in [0.4, 0.5) is 0 Å². The van der Waals surface area contributed by atoms with Gasteiger partial charge in [-0.25, -0.2) is 0 Å². The van der Waals surface area contributed by atoms with Crippen LogP contribution in [0.15, 0.2) is 54.6 Å². The second-order valence-corrected chi connectivity index (χ2v) is 8.10. The van der Waals surface area contributed by atoms with Crippen LogP contribution in [0.25, 0.3) is 0 Å². The Morgan fingerprint density at radius 2 is 1.72 bits per heavy atom. The summed E-state index contributed by atoms with van der Waals surface area (Å²) in [5, 5.41) is 5.76. The van der Waals surface area contributed by atoms with Gasteiger partial charge in [0.15, 0.2) is 0 Å². The third-order valence-corrected chi connectivity index (χ3v) is 5.77. The maximum absolute atomic E-state index is 12.9. The number of carbonyl (C=O) groups excluding carboxylic acids is 3.